The number of methoxy groups -OCH3 is 1. The molecule has 4 rings (SSSR count). The topological polar surface area (TPSA) is 62.0 Å². The first-order chi connectivity index (χ1) is 16.7. The van der Waals surface area contributed by atoms with Gasteiger partial charge in [0.05, 0.1) is 18.8 Å². The SMILES string of the molecule is COCCN(Cc1ccccn1)[C@H](Cc1ccccc1)C1CCN(Cc2ccc(CO)o2)CC1. The van der Waals surface area contributed by atoms with Gasteiger partial charge in [0.2, 0.25) is 0 Å². The Balaban J connectivity index is 1.46. The number of aliphatic hydroxyl groups excluding tert-OH is 1. The van der Waals surface area contributed by atoms with Gasteiger partial charge in [0, 0.05) is 32.4 Å². The summed E-state index contributed by atoms with van der Waals surface area (Å²) < 4.78 is 11.2. The monoisotopic (exact) mass is 463 g/mol. The maximum atomic E-state index is 9.27. The molecule has 3 heterocycles. The molecule has 2 aromatic heterocycles. The number of aromatic nitrogens is 1. The van der Waals surface area contributed by atoms with Crippen LogP contribution >= 0.6 is 0 Å². The van der Waals surface area contributed by atoms with Crippen molar-refractivity contribution in [2.45, 2.75) is 45.0 Å². The number of furan rings is 1. The number of pyridine rings is 1. The van der Waals surface area contributed by atoms with Crippen LogP contribution in [0.25, 0.3) is 0 Å². The Morgan fingerprint density at radius 2 is 1.82 bits per heavy atom. The lowest BCUT2D eigenvalue weighted by molar-refractivity contribution is 0.0549. The second kappa shape index (κ2) is 12.8. The smallest absolute Gasteiger partial charge is 0.129 e. The van der Waals surface area contributed by atoms with E-state index >= 15 is 0 Å². The largest absolute Gasteiger partial charge is 0.462 e. The molecule has 1 fully saturated rings. The molecule has 1 aliphatic heterocycles. The maximum absolute atomic E-state index is 9.27. The number of hydrogen-bond acceptors (Lipinski definition) is 6. The van der Waals surface area contributed by atoms with Crippen molar-refractivity contribution in [2.24, 2.45) is 5.92 Å². The third-order valence-electron chi connectivity index (χ3n) is 6.86. The van der Waals surface area contributed by atoms with Crippen LogP contribution in [0.4, 0.5) is 0 Å². The quantitative estimate of drug-likeness (QED) is 0.436. The average Bonchev–Trinajstić information content (AvgIpc) is 3.34. The summed E-state index contributed by atoms with van der Waals surface area (Å²) in [4.78, 5) is 9.66. The number of likely N-dealkylation sites (tertiary alicyclic amines) is 1. The van der Waals surface area contributed by atoms with Crippen molar-refractivity contribution in [3.05, 3.63) is 89.6 Å². The van der Waals surface area contributed by atoms with E-state index in [2.05, 4.69) is 57.2 Å². The van der Waals surface area contributed by atoms with Gasteiger partial charge in [-0.15, -0.1) is 0 Å². The summed E-state index contributed by atoms with van der Waals surface area (Å²) in [5.74, 6) is 2.16. The van der Waals surface area contributed by atoms with Crippen LogP contribution in [0.3, 0.4) is 0 Å². The molecule has 0 saturated carbocycles. The fourth-order valence-electron chi connectivity index (χ4n) is 5.03. The minimum atomic E-state index is -0.0448. The van der Waals surface area contributed by atoms with Crippen molar-refractivity contribution in [2.75, 3.05) is 33.4 Å². The van der Waals surface area contributed by atoms with Gasteiger partial charge in [-0.2, -0.15) is 0 Å². The van der Waals surface area contributed by atoms with Gasteiger partial charge in [-0.3, -0.25) is 14.8 Å². The molecule has 1 aromatic carbocycles. The van der Waals surface area contributed by atoms with Crippen molar-refractivity contribution in [1.29, 1.82) is 0 Å². The van der Waals surface area contributed by atoms with Gasteiger partial charge in [-0.25, -0.2) is 0 Å². The number of benzene rings is 1. The van der Waals surface area contributed by atoms with Crippen LogP contribution in [0.1, 0.15) is 35.6 Å². The van der Waals surface area contributed by atoms with E-state index in [-0.39, 0.29) is 6.61 Å². The number of piperidine rings is 1. The molecule has 1 atom stereocenters. The zero-order valence-electron chi connectivity index (χ0n) is 20.2. The number of nitrogens with zero attached hydrogens (tertiary/aromatic N) is 3. The molecule has 182 valence electrons. The van der Waals surface area contributed by atoms with Crippen LogP contribution in [0.15, 0.2) is 71.3 Å². The molecule has 1 N–H and O–H groups in total. The highest BCUT2D eigenvalue weighted by Gasteiger charge is 2.31. The van der Waals surface area contributed by atoms with Crippen molar-refractivity contribution in [3.63, 3.8) is 0 Å². The predicted octanol–water partition coefficient (Wildman–Crippen LogP) is 4.14. The highest BCUT2D eigenvalue weighted by Crippen LogP contribution is 2.29. The average molecular weight is 464 g/mol. The van der Waals surface area contributed by atoms with Crippen LogP contribution in [0.5, 0.6) is 0 Å². The molecule has 34 heavy (non-hydrogen) atoms. The molecule has 0 unspecified atom stereocenters. The molecule has 0 spiro atoms. The minimum Gasteiger partial charge on any atom is -0.462 e. The van der Waals surface area contributed by atoms with E-state index < -0.39 is 0 Å². The molecular formula is C28H37N3O3. The van der Waals surface area contributed by atoms with Crippen LogP contribution in [0, 0.1) is 5.92 Å². The Labute approximate surface area is 203 Å². The lowest BCUT2D eigenvalue weighted by atomic mass is 9.84. The lowest BCUT2D eigenvalue weighted by Crippen LogP contribution is -2.47. The van der Waals surface area contributed by atoms with E-state index in [4.69, 9.17) is 9.15 Å². The van der Waals surface area contributed by atoms with Crippen molar-refractivity contribution in [1.82, 2.24) is 14.8 Å². The Hall–Kier alpha value is -2.51. The Kier molecular flexibility index (Phi) is 9.27. The van der Waals surface area contributed by atoms with Crippen LogP contribution in [-0.4, -0.2) is 59.3 Å². The highest BCUT2D eigenvalue weighted by molar-refractivity contribution is 5.17. The number of ether oxygens (including phenoxy) is 1. The molecule has 0 amide bonds. The van der Waals surface area contributed by atoms with Crippen LogP contribution in [0.2, 0.25) is 0 Å². The van der Waals surface area contributed by atoms with E-state index in [1.54, 1.807) is 7.11 Å². The Morgan fingerprint density at radius 3 is 2.50 bits per heavy atom. The van der Waals surface area contributed by atoms with Crippen molar-refractivity contribution in [3.8, 4) is 0 Å². The molecule has 0 radical (unpaired) electrons. The first-order valence-electron chi connectivity index (χ1n) is 12.3. The van der Waals surface area contributed by atoms with Gasteiger partial charge in [-0.1, -0.05) is 36.4 Å². The summed E-state index contributed by atoms with van der Waals surface area (Å²) in [6.45, 7) is 5.29. The van der Waals surface area contributed by atoms with Gasteiger partial charge in [0.15, 0.2) is 0 Å². The first-order valence-corrected chi connectivity index (χ1v) is 12.3. The fourth-order valence-corrected chi connectivity index (χ4v) is 5.03. The summed E-state index contributed by atoms with van der Waals surface area (Å²) in [5, 5.41) is 9.27. The van der Waals surface area contributed by atoms with Gasteiger partial charge < -0.3 is 14.3 Å². The van der Waals surface area contributed by atoms with E-state index in [9.17, 15) is 5.11 Å². The molecule has 0 aliphatic carbocycles. The standard InChI is InChI=1S/C28H37N3O3/c1-33-18-17-31(20-25-9-5-6-14-29-25)28(19-23-7-3-2-4-8-23)24-12-15-30(16-13-24)21-26-10-11-27(22-32)34-26/h2-11,14,24,28,32H,12-13,15-22H2,1H3/t28-/m1/s1. The third-order valence-corrected chi connectivity index (χ3v) is 6.86. The van der Waals surface area contributed by atoms with Gasteiger partial charge in [0.1, 0.15) is 18.1 Å². The number of hydrogen-bond donors (Lipinski definition) is 1. The summed E-state index contributed by atoms with van der Waals surface area (Å²) in [7, 11) is 1.78. The zero-order valence-corrected chi connectivity index (χ0v) is 20.2. The van der Waals surface area contributed by atoms with E-state index in [0.29, 0.717) is 24.3 Å². The van der Waals surface area contributed by atoms with Gasteiger partial charge in [-0.05, 0) is 68.1 Å². The normalized spacial score (nSPS) is 16.2. The summed E-state index contributed by atoms with van der Waals surface area (Å²) in [6, 6.07) is 21.3. The second-order valence-electron chi connectivity index (χ2n) is 9.18. The first kappa shape index (κ1) is 24.6. The molecule has 3 aromatic rings. The van der Waals surface area contributed by atoms with Crippen LogP contribution in [-0.2, 0) is 30.9 Å². The maximum Gasteiger partial charge on any atom is 0.129 e. The lowest BCUT2D eigenvalue weighted by Gasteiger charge is -2.41. The Bertz CT molecular complexity index is 955. The second-order valence-corrected chi connectivity index (χ2v) is 9.18. The van der Waals surface area contributed by atoms with Crippen molar-refractivity contribution >= 4 is 0 Å². The van der Waals surface area contributed by atoms with Gasteiger partial charge >= 0.3 is 0 Å². The number of aliphatic hydroxyl groups is 1. The summed E-state index contributed by atoms with van der Waals surface area (Å²) in [5.41, 5.74) is 2.48. The van der Waals surface area contributed by atoms with Crippen LogP contribution < -0.4 is 0 Å². The van der Waals surface area contributed by atoms with Gasteiger partial charge in [0.25, 0.3) is 0 Å². The minimum absolute atomic E-state index is 0.0448. The molecule has 1 aliphatic rings. The molecule has 6 nitrogen and oxygen atoms in total. The van der Waals surface area contributed by atoms with E-state index in [1.165, 1.54) is 5.56 Å². The summed E-state index contributed by atoms with van der Waals surface area (Å²) in [6.07, 6.45) is 5.21. The summed E-state index contributed by atoms with van der Waals surface area (Å²) >= 11 is 0. The molecular weight excluding hydrogens is 426 g/mol. The molecule has 1 saturated heterocycles. The third kappa shape index (κ3) is 7.00. The predicted molar refractivity (Wildman–Crippen MR) is 133 cm³/mol. The number of rotatable bonds is 12. The highest BCUT2D eigenvalue weighted by atomic mass is 16.5. The fraction of sp³-hybridized carbons (Fsp3) is 0.464. The van der Waals surface area contributed by atoms with Crippen molar-refractivity contribution < 1.29 is 14.3 Å². The Morgan fingerprint density at radius 1 is 1.06 bits per heavy atom. The van der Waals surface area contributed by atoms with E-state index in [1.807, 2.05) is 24.4 Å². The molecule has 6 heteroatoms. The van der Waals surface area contributed by atoms with E-state index in [0.717, 1.165) is 63.4 Å². The zero-order chi connectivity index (χ0) is 23.6. The molecule has 0 bridgehead atoms.